The average molecular weight is 321 g/mol. The van der Waals surface area contributed by atoms with Crippen LogP contribution < -0.4 is 5.73 Å². The second-order valence-corrected chi connectivity index (χ2v) is 6.32. The zero-order valence-electron chi connectivity index (χ0n) is 12.9. The third-order valence-corrected chi connectivity index (χ3v) is 4.90. The van der Waals surface area contributed by atoms with Crippen LogP contribution in [0.15, 0.2) is 36.4 Å². The van der Waals surface area contributed by atoms with Gasteiger partial charge in [0.15, 0.2) is 0 Å². The molecule has 2 N–H and O–H groups in total. The van der Waals surface area contributed by atoms with Crippen molar-refractivity contribution in [2.45, 2.75) is 31.7 Å². The lowest BCUT2D eigenvalue weighted by Crippen LogP contribution is -2.33. The molecule has 0 aromatic heterocycles. The molecular formula is C18H25ClN2O. The van der Waals surface area contributed by atoms with Crippen LogP contribution in [0.5, 0.6) is 0 Å². The van der Waals surface area contributed by atoms with Crippen LogP contribution in [0.1, 0.15) is 31.2 Å². The van der Waals surface area contributed by atoms with Crippen molar-refractivity contribution in [3.63, 3.8) is 0 Å². The van der Waals surface area contributed by atoms with E-state index in [-0.39, 0.29) is 18.3 Å². The van der Waals surface area contributed by atoms with Gasteiger partial charge in [0, 0.05) is 25.6 Å². The highest BCUT2D eigenvalue weighted by molar-refractivity contribution is 5.85. The molecule has 4 heteroatoms. The molecule has 2 fully saturated rings. The summed E-state index contributed by atoms with van der Waals surface area (Å²) in [5.41, 5.74) is 7.31. The van der Waals surface area contributed by atoms with Gasteiger partial charge in [0.2, 0.25) is 5.91 Å². The van der Waals surface area contributed by atoms with Crippen molar-refractivity contribution in [3.05, 3.63) is 42.0 Å². The largest absolute Gasteiger partial charge is 0.342 e. The van der Waals surface area contributed by atoms with E-state index in [1.807, 2.05) is 23.1 Å². The van der Waals surface area contributed by atoms with Crippen molar-refractivity contribution in [2.75, 3.05) is 13.1 Å². The van der Waals surface area contributed by atoms with Gasteiger partial charge >= 0.3 is 0 Å². The molecule has 22 heavy (non-hydrogen) atoms. The number of rotatable bonds is 4. The zero-order valence-corrected chi connectivity index (χ0v) is 13.7. The highest BCUT2D eigenvalue weighted by Crippen LogP contribution is 2.37. The van der Waals surface area contributed by atoms with E-state index in [9.17, 15) is 4.79 Å². The van der Waals surface area contributed by atoms with Crippen molar-refractivity contribution < 1.29 is 4.79 Å². The van der Waals surface area contributed by atoms with Gasteiger partial charge in [0.25, 0.3) is 0 Å². The van der Waals surface area contributed by atoms with E-state index < -0.39 is 0 Å². The lowest BCUT2D eigenvalue weighted by molar-refractivity contribution is -0.130. The van der Waals surface area contributed by atoms with Crippen LogP contribution in [-0.2, 0) is 4.79 Å². The minimum absolute atomic E-state index is 0. The van der Waals surface area contributed by atoms with Crippen molar-refractivity contribution in [1.29, 1.82) is 0 Å². The Morgan fingerprint density at radius 2 is 2.00 bits per heavy atom. The predicted octanol–water partition coefficient (Wildman–Crippen LogP) is 3.10. The molecule has 2 aliphatic rings. The molecule has 1 aliphatic heterocycles. The Morgan fingerprint density at radius 3 is 2.73 bits per heavy atom. The molecule has 1 saturated carbocycles. The Labute approximate surface area is 139 Å². The van der Waals surface area contributed by atoms with Crippen LogP contribution >= 0.6 is 12.4 Å². The quantitative estimate of drug-likeness (QED) is 0.926. The van der Waals surface area contributed by atoms with Crippen molar-refractivity contribution in [3.8, 4) is 0 Å². The number of hydrogen-bond donors (Lipinski definition) is 1. The van der Waals surface area contributed by atoms with Gasteiger partial charge in [0.1, 0.15) is 0 Å². The van der Waals surface area contributed by atoms with Crippen molar-refractivity contribution >= 4 is 24.4 Å². The molecule has 3 unspecified atom stereocenters. The van der Waals surface area contributed by atoms with Gasteiger partial charge in [-0.2, -0.15) is 0 Å². The SMILES string of the molecule is Cl.NC1CCC2CN(C(=O)CC/C=C/c3ccccc3)CC12. The van der Waals surface area contributed by atoms with Crippen LogP contribution in [0, 0.1) is 11.8 Å². The van der Waals surface area contributed by atoms with Gasteiger partial charge in [-0.05, 0) is 36.7 Å². The third kappa shape index (κ3) is 3.90. The number of hydrogen-bond acceptors (Lipinski definition) is 2. The molecule has 3 atom stereocenters. The molecule has 1 aromatic rings. The summed E-state index contributed by atoms with van der Waals surface area (Å²) in [6.45, 7) is 1.81. The first-order valence-electron chi connectivity index (χ1n) is 7.99. The second-order valence-electron chi connectivity index (χ2n) is 6.32. The van der Waals surface area contributed by atoms with Gasteiger partial charge in [-0.25, -0.2) is 0 Å². The maximum atomic E-state index is 12.2. The number of halogens is 1. The Balaban J connectivity index is 0.00000176. The smallest absolute Gasteiger partial charge is 0.222 e. The molecule has 0 spiro atoms. The van der Waals surface area contributed by atoms with Crippen molar-refractivity contribution in [1.82, 2.24) is 4.90 Å². The summed E-state index contributed by atoms with van der Waals surface area (Å²) >= 11 is 0. The number of fused-ring (bicyclic) bond motifs is 1. The normalized spacial score (nSPS) is 27.0. The molecule has 1 aliphatic carbocycles. The Hall–Kier alpha value is -1.32. The van der Waals surface area contributed by atoms with E-state index in [4.69, 9.17) is 5.73 Å². The Bertz CT molecular complexity index is 517. The number of nitrogens with zero attached hydrogens (tertiary/aromatic N) is 1. The van der Waals surface area contributed by atoms with Crippen molar-refractivity contribution in [2.24, 2.45) is 17.6 Å². The van der Waals surface area contributed by atoms with Crippen LogP contribution in [0.3, 0.4) is 0 Å². The summed E-state index contributed by atoms with van der Waals surface area (Å²) in [5.74, 6) is 1.49. The van der Waals surface area contributed by atoms with E-state index in [1.54, 1.807) is 0 Å². The molecule has 1 aromatic carbocycles. The first-order chi connectivity index (χ1) is 10.2. The summed E-state index contributed by atoms with van der Waals surface area (Å²) in [6, 6.07) is 10.5. The highest BCUT2D eigenvalue weighted by atomic mass is 35.5. The zero-order chi connectivity index (χ0) is 14.7. The summed E-state index contributed by atoms with van der Waals surface area (Å²) in [7, 11) is 0. The van der Waals surface area contributed by atoms with E-state index in [0.717, 1.165) is 25.9 Å². The molecule has 120 valence electrons. The molecule has 0 radical (unpaired) electrons. The number of carbonyl (C=O) groups excluding carboxylic acids is 1. The van der Waals surface area contributed by atoms with E-state index in [2.05, 4.69) is 24.3 Å². The maximum absolute atomic E-state index is 12.2. The topological polar surface area (TPSA) is 46.3 Å². The maximum Gasteiger partial charge on any atom is 0.222 e. The number of likely N-dealkylation sites (tertiary alicyclic amines) is 1. The molecule has 1 heterocycles. The molecule has 1 saturated heterocycles. The summed E-state index contributed by atoms with van der Waals surface area (Å²) in [4.78, 5) is 14.3. The van der Waals surface area contributed by atoms with E-state index in [1.165, 1.54) is 12.0 Å². The van der Waals surface area contributed by atoms with E-state index in [0.29, 0.717) is 24.3 Å². The highest BCUT2D eigenvalue weighted by Gasteiger charge is 2.42. The molecule has 3 rings (SSSR count). The number of benzene rings is 1. The molecular weight excluding hydrogens is 296 g/mol. The first kappa shape index (κ1) is 17.0. The van der Waals surface area contributed by atoms with Gasteiger partial charge in [-0.3, -0.25) is 4.79 Å². The minimum atomic E-state index is 0. The fourth-order valence-corrected chi connectivity index (χ4v) is 3.66. The summed E-state index contributed by atoms with van der Waals surface area (Å²) in [6.07, 6.45) is 7.93. The third-order valence-electron chi connectivity index (χ3n) is 4.90. The lowest BCUT2D eigenvalue weighted by Gasteiger charge is -2.18. The van der Waals surface area contributed by atoms with Gasteiger partial charge in [-0.15, -0.1) is 12.4 Å². The Kier molecular flexibility index (Phi) is 6.04. The number of nitrogens with two attached hydrogens (primary N) is 1. The Morgan fingerprint density at radius 1 is 1.23 bits per heavy atom. The van der Waals surface area contributed by atoms with Gasteiger partial charge in [0.05, 0.1) is 0 Å². The van der Waals surface area contributed by atoms with Crippen LogP contribution in [0.2, 0.25) is 0 Å². The minimum Gasteiger partial charge on any atom is -0.342 e. The number of allylic oxidation sites excluding steroid dienone is 1. The standard InChI is InChI=1S/C18H24N2O.ClH/c19-17-11-10-15-12-20(13-16(15)17)18(21)9-5-4-8-14-6-2-1-3-7-14;/h1-4,6-8,15-17H,5,9-13,19H2;1H/b8-4+;. The first-order valence-corrected chi connectivity index (χ1v) is 7.99. The van der Waals surface area contributed by atoms with Crippen LogP contribution in [0.25, 0.3) is 6.08 Å². The molecule has 3 nitrogen and oxygen atoms in total. The average Bonchev–Trinajstić information content (AvgIpc) is 3.07. The van der Waals surface area contributed by atoms with Crippen LogP contribution in [-0.4, -0.2) is 29.9 Å². The molecule has 0 bridgehead atoms. The fourth-order valence-electron chi connectivity index (χ4n) is 3.66. The van der Waals surface area contributed by atoms with Crippen LogP contribution in [0.4, 0.5) is 0 Å². The summed E-state index contributed by atoms with van der Waals surface area (Å²) in [5, 5.41) is 0. The van der Waals surface area contributed by atoms with E-state index >= 15 is 0 Å². The molecule has 1 amide bonds. The van der Waals surface area contributed by atoms with Gasteiger partial charge in [-0.1, -0.05) is 42.5 Å². The van der Waals surface area contributed by atoms with Gasteiger partial charge < -0.3 is 10.6 Å². The predicted molar refractivity (Wildman–Crippen MR) is 92.7 cm³/mol. The lowest BCUT2D eigenvalue weighted by atomic mass is 9.98. The monoisotopic (exact) mass is 320 g/mol. The fraction of sp³-hybridized carbons (Fsp3) is 0.500. The summed E-state index contributed by atoms with van der Waals surface area (Å²) < 4.78 is 0. The second kappa shape index (κ2) is 7.80. The number of carbonyl (C=O) groups is 1. The number of amides is 1.